The van der Waals surface area contributed by atoms with Crippen molar-refractivity contribution in [3.63, 3.8) is 0 Å². The molecule has 0 aliphatic heterocycles. The second-order valence-electron chi connectivity index (χ2n) is 3.24. The highest BCUT2D eigenvalue weighted by atomic mass is 16.6. The van der Waals surface area contributed by atoms with E-state index in [2.05, 4.69) is 9.97 Å². The van der Waals surface area contributed by atoms with Crippen LogP contribution in [0.3, 0.4) is 0 Å². The van der Waals surface area contributed by atoms with Crippen LogP contribution in [0.5, 0.6) is 0 Å². The minimum atomic E-state index is -1.02. The Bertz CT molecular complexity index is 390. The Morgan fingerprint density at radius 2 is 2.12 bits per heavy atom. The van der Waals surface area contributed by atoms with Crippen LogP contribution in [0.1, 0.15) is 31.5 Å². The molecule has 86 valence electrons. The zero-order valence-electron chi connectivity index (χ0n) is 8.66. The lowest BCUT2D eigenvalue weighted by Crippen LogP contribution is -2.14. The molecule has 0 aliphatic carbocycles. The number of aliphatic carboxylic acids is 1. The van der Waals surface area contributed by atoms with E-state index in [0.717, 1.165) is 12.4 Å². The highest BCUT2D eigenvalue weighted by Crippen LogP contribution is 2.18. The van der Waals surface area contributed by atoms with E-state index in [1.807, 2.05) is 6.92 Å². The van der Waals surface area contributed by atoms with E-state index in [9.17, 15) is 14.9 Å². The average Bonchev–Trinajstić information content (AvgIpc) is 2.25. The molecule has 0 amide bonds. The highest BCUT2D eigenvalue weighted by Gasteiger charge is 2.22. The summed E-state index contributed by atoms with van der Waals surface area (Å²) >= 11 is 0. The van der Waals surface area contributed by atoms with Gasteiger partial charge in [0.25, 0.3) is 0 Å². The van der Waals surface area contributed by atoms with Gasteiger partial charge in [-0.2, -0.15) is 0 Å². The number of carbonyl (C=O) groups is 1. The van der Waals surface area contributed by atoms with Crippen molar-refractivity contribution in [1.82, 2.24) is 9.97 Å². The van der Waals surface area contributed by atoms with Crippen LogP contribution in [0.25, 0.3) is 0 Å². The molecule has 0 fully saturated rings. The third kappa shape index (κ3) is 2.72. The molecule has 7 heteroatoms. The number of carboxylic acids is 1. The topological polar surface area (TPSA) is 106 Å². The summed E-state index contributed by atoms with van der Waals surface area (Å²) in [6, 6.07) is 0. The van der Waals surface area contributed by atoms with Gasteiger partial charge in [0.15, 0.2) is 0 Å². The van der Waals surface area contributed by atoms with Crippen LogP contribution in [0.4, 0.5) is 5.69 Å². The van der Waals surface area contributed by atoms with Gasteiger partial charge in [-0.15, -0.1) is 0 Å². The zero-order chi connectivity index (χ0) is 12.1. The standard InChI is InChI=1S/C9H11N3O4/c1-2-3-7(9(13)14)8-10-4-6(5-11-8)12(15)16/h4-5,7H,2-3H2,1H3,(H,13,14). The van der Waals surface area contributed by atoms with Crippen LogP contribution >= 0.6 is 0 Å². The number of aromatic nitrogens is 2. The van der Waals surface area contributed by atoms with Crippen molar-refractivity contribution in [3.05, 3.63) is 28.3 Å². The lowest BCUT2D eigenvalue weighted by atomic mass is 10.0. The lowest BCUT2D eigenvalue weighted by molar-refractivity contribution is -0.385. The fourth-order valence-corrected chi connectivity index (χ4v) is 1.26. The van der Waals surface area contributed by atoms with Crippen LogP contribution in [0.2, 0.25) is 0 Å². The Morgan fingerprint density at radius 3 is 2.50 bits per heavy atom. The van der Waals surface area contributed by atoms with Gasteiger partial charge in [-0.3, -0.25) is 14.9 Å². The van der Waals surface area contributed by atoms with E-state index in [0.29, 0.717) is 12.8 Å². The number of carboxylic acid groups (broad SMARTS) is 1. The summed E-state index contributed by atoms with van der Waals surface area (Å²) in [5.74, 6) is -1.71. The van der Waals surface area contributed by atoms with Gasteiger partial charge in [-0.1, -0.05) is 13.3 Å². The molecule has 1 rings (SSSR count). The number of hydrogen-bond acceptors (Lipinski definition) is 5. The van der Waals surface area contributed by atoms with E-state index < -0.39 is 16.8 Å². The van der Waals surface area contributed by atoms with Crippen LogP contribution in [-0.2, 0) is 4.79 Å². The maximum absolute atomic E-state index is 10.9. The van der Waals surface area contributed by atoms with Gasteiger partial charge in [0.1, 0.15) is 24.1 Å². The average molecular weight is 225 g/mol. The van der Waals surface area contributed by atoms with Gasteiger partial charge in [0.2, 0.25) is 0 Å². The molecule has 0 saturated carbocycles. The Morgan fingerprint density at radius 1 is 1.56 bits per heavy atom. The maximum atomic E-state index is 10.9. The normalized spacial score (nSPS) is 12.1. The second-order valence-corrected chi connectivity index (χ2v) is 3.24. The summed E-state index contributed by atoms with van der Waals surface area (Å²) in [6.45, 7) is 1.85. The van der Waals surface area contributed by atoms with Gasteiger partial charge in [-0.05, 0) is 6.42 Å². The maximum Gasteiger partial charge on any atom is 0.314 e. The zero-order valence-corrected chi connectivity index (χ0v) is 8.66. The second kappa shape index (κ2) is 5.15. The molecule has 16 heavy (non-hydrogen) atoms. The Labute approximate surface area is 91.3 Å². The Kier molecular flexibility index (Phi) is 3.87. The monoisotopic (exact) mass is 225 g/mol. The van der Waals surface area contributed by atoms with E-state index >= 15 is 0 Å². The third-order valence-electron chi connectivity index (χ3n) is 2.06. The van der Waals surface area contributed by atoms with Crippen molar-refractivity contribution in [2.24, 2.45) is 0 Å². The first kappa shape index (κ1) is 12.0. The molecular weight excluding hydrogens is 214 g/mol. The summed E-state index contributed by atoms with van der Waals surface area (Å²) in [5.41, 5.74) is -0.246. The fourth-order valence-electron chi connectivity index (χ4n) is 1.26. The largest absolute Gasteiger partial charge is 0.481 e. The molecule has 1 unspecified atom stereocenters. The molecular formula is C9H11N3O4. The molecule has 0 radical (unpaired) electrons. The van der Waals surface area contributed by atoms with Crippen molar-refractivity contribution >= 4 is 11.7 Å². The van der Waals surface area contributed by atoms with Crippen LogP contribution in [0.15, 0.2) is 12.4 Å². The number of rotatable bonds is 5. The summed E-state index contributed by atoms with van der Waals surface area (Å²) in [4.78, 5) is 28.0. The molecule has 0 spiro atoms. The summed E-state index contributed by atoms with van der Waals surface area (Å²) in [5, 5.41) is 19.3. The lowest BCUT2D eigenvalue weighted by Gasteiger charge is -2.08. The van der Waals surface area contributed by atoms with Crippen molar-refractivity contribution in [3.8, 4) is 0 Å². The minimum absolute atomic E-state index is 0.111. The molecule has 1 aromatic heterocycles. The molecule has 1 N–H and O–H groups in total. The van der Waals surface area contributed by atoms with Crippen molar-refractivity contribution in [2.45, 2.75) is 25.7 Å². The van der Waals surface area contributed by atoms with Crippen molar-refractivity contribution in [1.29, 1.82) is 0 Å². The number of nitro groups is 1. The first-order chi connectivity index (χ1) is 7.56. The van der Waals surface area contributed by atoms with Crippen LogP contribution < -0.4 is 0 Å². The van der Waals surface area contributed by atoms with Gasteiger partial charge in [-0.25, -0.2) is 9.97 Å². The van der Waals surface area contributed by atoms with Gasteiger partial charge in [0.05, 0.1) is 4.92 Å². The highest BCUT2D eigenvalue weighted by molar-refractivity contribution is 5.74. The first-order valence-corrected chi connectivity index (χ1v) is 4.75. The molecule has 0 aromatic carbocycles. The molecule has 1 aromatic rings. The van der Waals surface area contributed by atoms with E-state index in [-0.39, 0.29) is 11.5 Å². The third-order valence-corrected chi connectivity index (χ3v) is 2.06. The quantitative estimate of drug-likeness (QED) is 0.598. The Hall–Kier alpha value is -2.05. The van der Waals surface area contributed by atoms with E-state index in [1.54, 1.807) is 0 Å². The molecule has 1 heterocycles. The molecule has 7 nitrogen and oxygen atoms in total. The fraction of sp³-hybridized carbons (Fsp3) is 0.444. The van der Waals surface area contributed by atoms with Gasteiger partial charge in [0, 0.05) is 0 Å². The van der Waals surface area contributed by atoms with Crippen molar-refractivity contribution in [2.75, 3.05) is 0 Å². The van der Waals surface area contributed by atoms with Gasteiger partial charge < -0.3 is 5.11 Å². The molecule has 0 saturated heterocycles. The summed E-state index contributed by atoms with van der Waals surface area (Å²) < 4.78 is 0. The van der Waals surface area contributed by atoms with E-state index in [4.69, 9.17) is 5.11 Å². The van der Waals surface area contributed by atoms with Crippen LogP contribution in [0, 0.1) is 10.1 Å². The Balaban J connectivity index is 2.94. The van der Waals surface area contributed by atoms with Crippen LogP contribution in [-0.4, -0.2) is 26.0 Å². The molecule has 0 bridgehead atoms. The van der Waals surface area contributed by atoms with Crippen molar-refractivity contribution < 1.29 is 14.8 Å². The SMILES string of the molecule is CCCC(C(=O)O)c1ncc([N+](=O)[O-])cn1. The smallest absolute Gasteiger partial charge is 0.314 e. The molecule has 1 atom stereocenters. The number of nitrogens with zero attached hydrogens (tertiary/aromatic N) is 3. The van der Waals surface area contributed by atoms with Gasteiger partial charge >= 0.3 is 11.7 Å². The number of hydrogen-bond donors (Lipinski definition) is 1. The summed E-state index contributed by atoms with van der Waals surface area (Å²) in [7, 11) is 0. The predicted molar refractivity (Wildman–Crippen MR) is 54.0 cm³/mol. The minimum Gasteiger partial charge on any atom is -0.481 e. The first-order valence-electron chi connectivity index (χ1n) is 4.75. The predicted octanol–water partition coefficient (Wildman–Crippen LogP) is 1.35. The van der Waals surface area contributed by atoms with E-state index in [1.165, 1.54) is 0 Å². The molecule has 0 aliphatic rings. The summed E-state index contributed by atoms with van der Waals surface area (Å²) in [6.07, 6.45) is 3.13.